The Labute approximate surface area is 179 Å². The fraction of sp³-hybridized carbons (Fsp3) is 0.318. The standard InChI is InChI=1S/C22H26N2O7/c25-16-9-6-14(7-10-16)8-11-17(22(30)31)23-18(12-15-4-2-1-3-5-15)21(29)24-19(26)13-20(27)28/h1-7,9-10,17-19,23,25-26H,8,11-13H2,(H,24,29)(H,27,28)(H,30,31)/t17-,18-,19-/m0/s1. The molecule has 2 aromatic carbocycles. The number of aliphatic hydroxyl groups is 1. The van der Waals surface area contributed by atoms with Crippen LogP contribution in [-0.4, -0.2) is 56.6 Å². The number of phenols is 1. The molecule has 0 aliphatic heterocycles. The van der Waals surface area contributed by atoms with Crippen LogP contribution in [0.4, 0.5) is 0 Å². The zero-order valence-electron chi connectivity index (χ0n) is 16.8. The SMILES string of the molecule is O=C(O)C[C@H](O)NC(=O)[C@H](Cc1ccccc1)N[C@@H](CCc1ccc(O)cc1)C(=O)O. The number of phenolic OH excluding ortho intramolecular Hbond substituents is 1. The van der Waals surface area contributed by atoms with Crippen molar-refractivity contribution in [3.8, 4) is 5.75 Å². The van der Waals surface area contributed by atoms with Gasteiger partial charge in [-0.2, -0.15) is 0 Å². The number of benzene rings is 2. The number of aliphatic carboxylic acids is 2. The number of aromatic hydroxyl groups is 1. The van der Waals surface area contributed by atoms with E-state index >= 15 is 0 Å². The second-order valence-electron chi connectivity index (χ2n) is 7.13. The maximum Gasteiger partial charge on any atom is 0.320 e. The Morgan fingerprint density at radius 3 is 2.10 bits per heavy atom. The van der Waals surface area contributed by atoms with Gasteiger partial charge in [0.05, 0.1) is 12.5 Å². The second kappa shape index (κ2) is 11.7. The van der Waals surface area contributed by atoms with Crippen molar-refractivity contribution in [3.05, 3.63) is 65.7 Å². The molecule has 3 atom stereocenters. The van der Waals surface area contributed by atoms with Crippen LogP contribution in [0.5, 0.6) is 5.75 Å². The van der Waals surface area contributed by atoms with Crippen LogP contribution in [-0.2, 0) is 27.2 Å². The number of carbonyl (C=O) groups is 3. The van der Waals surface area contributed by atoms with E-state index in [9.17, 15) is 29.7 Å². The average Bonchev–Trinajstić information content (AvgIpc) is 2.71. The summed E-state index contributed by atoms with van der Waals surface area (Å²) < 4.78 is 0. The van der Waals surface area contributed by atoms with Gasteiger partial charge in [-0.15, -0.1) is 0 Å². The van der Waals surface area contributed by atoms with Gasteiger partial charge >= 0.3 is 11.9 Å². The van der Waals surface area contributed by atoms with Crippen LogP contribution < -0.4 is 10.6 Å². The summed E-state index contributed by atoms with van der Waals surface area (Å²) in [5.74, 6) is -3.02. The molecule has 0 aromatic heterocycles. The highest BCUT2D eigenvalue weighted by molar-refractivity contribution is 5.84. The van der Waals surface area contributed by atoms with Crippen LogP contribution in [0.3, 0.4) is 0 Å². The Morgan fingerprint density at radius 1 is 0.871 bits per heavy atom. The Bertz CT molecular complexity index is 871. The molecule has 0 fully saturated rings. The third kappa shape index (κ3) is 8.45. The molecule has 166 valence electrons. The zero-order chi connectivity index (χ0) is 22.8. The fourth-order valence-electron chi connectivity index (χ4n) is 3.05. The van der Waals surface area contributed by atoms with Crippen LogP contribution in [0, 0.1) is 0 Å². The van der Waals surface area contributed by atoms with E-state index in [1.165, 1.54) is 12.1 Å². The maximum absolute atomic E-state index is 12.7. The van der Waals surface area contributed by atoms with Crippen LogP contribution in [0.2, 0.25) is 0 Å². The maximum atomic E-state index is 12.7. The lowest BCUT2D eigenvalue weighted by atomic mass is 10.0. The molecule has 0 radical (unpaired) electrons. The number of hydrogen-bond donors (Lipinski definition) is 6. The number of aliphatic hydroxyl groups excluding tert-OH is 1. The molecule has 2 aromatic rings. The van der Waals surface area contributed by atoms with Gasteiger partial charge in [-0.1, -0.05) is 42.5 Å². The minimum absolute atomic E-state index is 0.108. The lowest BCUT2D eigenvalue weighted by molar-refractivity contribution is -0.140. The van der Waals surface area contributed by atoms with E-state index in [4.69, 9.17) is 5.11 Å². The van der Waals surface area contributed by atoms with Gasteiger partial charge in [-0.3, -0.25) is 19.7 Å². The molecule has 6 N–H and O–H groups in total. The molecule has 0 heterocycles. The van der Waals surface area contributed by atoms with Gasteiger partial charge in [-0.05, 0) is 42.5 Å². The van der Waals surface area contributed by atoms with Crippen molar-refractivity contribution in [1.82, 2.24) is 10.6 Å². The van der Waals surface area contributed by atoms with Crippen LogP contribution in [0.25, 0.3) is 0 Å². The monoisotopic (exact) mass is 430 g/mol. The van der Waals surface area contributed by atoms with Gasteiger partial charge in [0.2, 0.25) is 5.91 Å². The number of nitrogens with one attached hydrogen (secondary N) is 2. The quantitative estimate of drug-likeness (QED) is 0.271. The highest BCUT2D eigenvalue weighted by Crippen LogP contribution is 2.13. The first kappa shape index (κ1) is 23.8. The summed E-state index contributed by atoms with van der Waals surface area (Å²) >= 11 is 0. The highest BCUT2D eigenvalue weighted by Gasteiger charge is 2.27. The zero-order valence-corrected chi connectivity index (χ0v) is 16.8. The molecule has 31 heavy (non-hydrogen) atoms. The Kier molecular flexibility index (Phi) is 8.98. The Balaban J connectivity index is 2.11. The highest BCUT2D eigenvalue weighted by atomic mass is 16.4. The van der Waals surface area contributed by atoms with Crippen molar-refractivity contribution < 1.29 is 34.8 Å². The molecule has 0 bridgehead atoms. The Morgan fingerprint density at radius 2 is 1.52 bits per heavy atom. The number of aryl methyl sites for hydroxylation is 1. The lowest BCUT2D eigenvalue weighted by Crippen LogP contribution is -2.54. The fourth-order valence-corrected chi connectivity index (χ4v) is 3.05. The van der Waals surface area contributed by atoms with Crippen molar-refractivity contribution in [2.75, 3.05) is 0 Å². The van der Waals surface area contributed by atoms with Crippen molar-refractivity contribution >= 4 is 17.8 Å². The van der Waals surface area contributed by atoms with Gasteiger partial charge in [0.1, 0.15) is 18.0 Å². The summed E-state index contributed by atoms with van der Waals surface area (Å²) in [6.07, 6.45) is -1.55. The molecule has 0 saturated carbocycles. The Hall–Kier alpha value is -3.43. The van der Waals surface area contributed by atoms with E-state index in [-0.39, 0.29) is 18.6 Å². The molecule has 9 nitrogen and oxygen atoms in total. The summed E-state index contributed by atoms with van der Waals surface area (Å²) in [6.45, 7) is 0. The summed E-state index contributed by atoms with van der Waals surface area (Å²) in [4.78, 5) is 35.2. The molecule has 0 unspecified atom stereocenters. The second-order valence-corrected chi connectivity index (χ2v) is 7.13. The van der Waals surface area contributed by atoms with Crippen LogP contribution in [0.15, 0.2) is 54.6 Å². The summed E-state index contributed by atoms with van der Waals surface area (Å²) in [7, 11) is 0. The smallest absolute Gasteiger partial charge is 0.320 e. The molecule has 0 aliphatic carbocycles. The van der Waals surface area contributed by atoms with Crippen molar-refractivity contribution in [2.45, 2.75) is 44.0 Å². The van der Waals surface area contributed by atoms with Gasteiger partial charge < -0.3 is 25.7 Å². The van der Waals surface area contributed by atoms with E-state index in [2.05, 4.69) is 10.6 Å². The van der Waals surface area contributed by atoms with E-state index < -0.39 is 42.6 Å². The normalized spacial score (nSPS) is 13.7. The topological polar surface area (TPSA) is 156 Å². The van der Waals surface area contributed by atoms with Crippen LogP contribution >= 0.6 is 0 Å². The number of hydrogen-bond acceptors (Lipinski definition) is 6. The number of carbonyl (C=O) groups excluding carboxylic acids is 1. The molecule has 0 aliphatic rings. The van der Waals surface area contributed by atoms with Gasteiger partial charge in [0, 0.05) is 0 Å². The first-order chi connectivity index (χ1) is 14.7. The first-order valence-electron chi connectivity index (χ1n) is 9.75. The van der Waals surface area contributed by atoms with Crippen molar-refractivity contribution in [2.24, 2.45) is 0 Å². The average molecular weight is 430 g/mol. The summed E-state index contributed by atoms with van der Waals surface area (Å²) in [5, 5.41) is 42.5. The van der Waals surface area contributed by atoms with Gasteiger partial charge in [0.25, 0.3) is 0 Å². The van der Waals surface area contributed by atoms with Crippen LogP contribution in [0.1, 0.15) is 24.0 Å². The first-order valence-corrected chi connectivity index (χ1v) is 9.75. The van der Waals surface area contributed by atoms with E-state index in [0.29, 0.717) is 6.42 Å². The lowest BCUT2D eigenvalue weighted by Gasteiger charge is -2.24. The predicted molar refractivity (Wildman–Crippen MR) is 111 cm³/mol. The third-order valence-corrected chi connectivity index (χ3v) is 4.63. The number of carboxylic acid groups (broad SMARTS) is 2. The van der Waals surface area contributed by atoms with E-state index in [1.807, 2.05) is 0 Å². The molecule has 0 spiro atoms. The third-order valence-electron chi connectivity index (χ3n) is 4.63. The van der Waals surface area contributed by atoms with Crippen molar-refractivity contribution in [1.29, 1.82) is 0 Å². The minimum Gasteiger partial charge on any atom is -0.508 e. The summed E-state index contributed by atoms with van der Waals surface area (Å²) in [6, 6.07) is 13.2. The molecule has 2 rings (SSSR count). The molecular formula is C22H26N2O7. The number of carboxylic acids is 2. The largest absolute Gasteiger partial charge is 0.508 e. The molecular weight excluding hydrogens is 404 g/mol. The predicted octanol–water partition coefficient (Wildman–Crippen LogP) is 0.888. The van der Waals surface area contributed by atoms with Crippen molar-refractivity contribution in [3.63, 3.8) is 0 Å². The molecule has 9 heteroatoms. The van der Waals surface area contributed by atoms with E-state index in [0.717, 1.165) is 11.1 Å². The number of rotatable bonds is 12. The molecule has 1 amide bonds. The minimum atomic E-state index is -1.59. The number of amides is 1. The van der Waals surface area contributed by atoms with Gasteiger partial charge in [-0.25, -0.2) is 0 Å². The van der Waals surface area contributed by atoms with E-state index in [1.54, 1.807) is 42.5 Å². The molecule has 0 saturated heterocycles. The summed E-state index contributed by atoms with van der Waals surface area (Å²) in [5.41, 5.74) is 1.59. The van der Waals surface area contributed by atoms with Gasteiger partial charge in [0.15, 0.2) is 0 Å².